The zero-order chi connectivity index (χ0) is 19.0. The van der Waals surface area contributed by atoms with Crippen molar-refractivity contribution in [1.82, 2.24) is 19.2 Å². The molecule has 2 aliphatic heterocycles. The van der Waals surface area contributed by atoms with Crippen molar-refractivity contribution in [1.29, 1.82) is 0 Å². The molecule has 144 valence electrons. The first-order valence-electron chi connectivity index (χ1n) is 9.57. The van der Waals surface area contributed by atoms with E-state index in [1.54, 1.807) is 16.4 Å². The number of rotatable bonds is 3. The molecule has 0 N–H and O–H groups in total. The van der Waals surface area contributed by atoms with Gasteiger partial charge in [0.1, 0.15) is 5.82 Å². The minimum Gasteiger partial charge on any atom is -0.302 e. The van der Waals surface area contributed by atoms with Crippen molar-refractivity contribution in [3.63, 3.8) is 0 Å². The maximum atomic E-state index is 13.3. The molecule has 2 aliphatic rings. The summed E-state index contributed by atoms with van der Waals surface area (Å²) in [6.45, 7) is 4.30. The van der Waals surface area contributed by atoms with Crippen LogP contribution < -0.4 is 0 Å². The normalized spacial score (nSPS) is 21.8. The first kappa shape index (κ1) is 18.5. The maximum absolute atomic E-state index is 13.3. The van der Waals surface area contributed by atoms with Gasteiger partial charge in [0.25, 0.3) is 0 Å². The van der Waals surface area contributed by atoms with Crippen molar-refractivity contribution in [2.45, 2.75) is 50.1 Å². The van der Waals surface area contributed by atoms with Gasteiger partial charge >= 0.3 is 0 Å². The number of fused-ring (bicyclic) bond motifs is 1. The van der Waals surface area contributed by atoms with Crippen molar-refractivity contribution in [3.8, 4) is 0 Å². The third kappa shape index (κ3) is 3.63. The number of piperidine rings is 1. The molecule has 4 rings (SSSR count). The van der Waals surface area contributed by atoms with Gasteiger partial charge in [-0.15, -0.1) is 0 Å². The molecule has 27 heavy (non-hydrogen) atoms. The van der Waals surface area contributed by atoms with Gasteiger partial charge in [0.2, 0.25) is 10.0 Å². The first-order valence-corrected chi connectivity index (χ1v) is 11.0. The molecule has 1 aromatic carbocycles. The summed E-state index contributed by atoms with van der Waals surface area (Å²) in [5, 5.41) is 0. The third-order valence-electron chi connectivity index (χ3n) is 5.52. The van der Waals surface area contributed by atoms with Crippen molar-refractivity contribution in [3.05, 3.63) is 53.1 Å². The zero-order valence-electron chi connectivity index (χ0n) is 15.9. The second-order valence-electron chi connectivity index (χ2n) is 7.63. The van der Waals surface area contributed by atoms with Crippen molar-refractivity contribution in [2.24, 2.45) is 0 Å². The summed E-state index contributed by atoms with van der Waals surface area (Å²) >= 11 is 0. The highest BCUT2D eigenvalue weighted by Gasteiger charge is 2.36. The Hall–Kier alpha value is -1.83. The van der Waals surface area contributed by atoms with E-state index in [1.165, 1.54) is 0 Å². The van der Waals surface area contributed by atoms with Crippen LogP contribution in [-0.4, -0.2) is 47.7 Å². The average Bonchev–Trinajstić information content (AvgIpc) is 2.68. The lowest BCUT2D eigenvalue weighted by atomic mass is 10.0. The monoisotopic (exact) mass is 386 g/mol. The van der Waals surface area contributed by atoms with E-state index in [-0.39, 0.29) is 6.04 Å². The minimum atomic E-state index is -3.56. The van der Waals surface area contributed by atoms with Gasteiger partial charge in [-0.2, -0.15) is 4.31 Å². The van der Waals surface area contributed by atoms with E-state index >= 15 is 0 Å². The fraction of sp³-hybridized carbons (Fsp3) is 0.500. The number of nitrogens with zero attached hydrogens (tertiary/aromatic N) is 4. The van der Waals surface area contributed by atoms with Gasteiger partial charge in [0.15, 0.2) is 0 Å². The largest absolute Gasteiger partial charge is 0.302 e. The summed E-state index contributed by atoms with van der Waals surface area (Å²) in [7, 11) is -1.47. The molecule has 1 unspecified atom stereocenters. The smallest absolute Gasteiger partial charge is 0.243 e. The lowest BCUT2D eigenvalue weighted by Gasteiger charge is -2.34. The van der Waals surface area contributed by atoms with Crippen LogP contribution in [0.15, 0.2) is 35.4 Å². The highest BCUT2D eigenvalue weighted by atomic mass is 32.2. The summed E-state index contributed by atoms with van der Waals surface area (Å²) in [6.07, 6.45) is 5.41. The van der Waals surface area contributed by atoms with Crippen LogP contribution in [0, 0.1) is 6.92 Å². The first-order chi connectivity index (χ1) is 12.9. The Kier molecular flexibility index (Phi) is 5.01. The summed E-state index contributed by atoms with van der Waals surface area (Å²) < 4.78 is 28.2. The number of hydrogen-bond donors (Lipinski definition) is 0. The van der Waals surface area contributed by atoms with Crippen LogP contribution >= 0.6 is 0 Å². The molecule has 1 fully saturated rings. The second kappa shape index (κ2) is 7.30. The molecule has 0 aliphatic carbocycles. The van der Waals surface area contributed by atoms with Crippen LogP contribution in [-0.2, 0) is 23.0 Å². The third-order valence-corrected chi connectivity index (χ3v) is 7.45. The van der Waals surface area contributed by atoms with E-state index in [0.29, 0.717) is 17.3 Å². The van der Waals surface area contributed by atoms with Crippen LogP contribution in [0.1, 0.15) is 47.9 Å². The van der Waals surface area contributed by atoms with Crippen LogP contribution in [0.3, 0.4) is 0 Å². The van der Waals surface area contributed by atoms with E-state index in [9.17, 15) is 8.42 Å². The number of hydrogen-bond acceptors (Lipinski definition) is 5. The van der Waals surface area contributed by atoms with Crippen molar-refractivity contribution < 1.29 is 8.42 Å². The summed E-state index contributed by atoms with van der Waals surface area (Å²) in [5.74, 6) is 0.647. The van der Waals surface area contributed by atoms with E-state index in [1.807, 2.05) is 25.3 Å². The standard InChI is InChI=1S/C20H26N4O2S/c1-15-6-8-17(9-7-15)27(25,26)24-11-4-3-5-19(24)20-21-13-16-14-23(2)12-10-18(16)22-20/h6-9,13,19H,3-5,10-12,14H2,1-2H3. The molecule has 7 heteroatoms. The highest BCUT2D eigenvalue weighted by Crippen LogP contribution is 2.34. The topological polar surface area (TPSA) is 66.4 Å². The molecule has 1 atom stereocenters. The fourth-order valence-corrected chi connectivity index (χ4v) is 5.58. The Morgan fingerprint density at radius 1 is 1.11 bits per heavy atom. The average molecular weight is 387 g/mol. The molecule has 0 bridgehead atoms. The molecule has 0 amide bonds. The minimum absolute atomic E-state index is 0.282. The molecular formula is C20H26N4O2S. The summed E-state index contributed by atoms with van der Waals surface area (Å²) in [4.78, 5) is 12.0. The van der Waals surface area contributed by atoms with E-state index in [0.717, 1.165) is 55.6 Å². The number of aromatic nitrogens is 2. The van der Waals surface area contributed by atoms with Gasteiger partial charge in [0, 0.05) is 43.5 Å². The van der Waals surface area contributed by atoms with Crippen LogP contribution in [0.5, 0.6) is 0 Å². The molecule has 2 aromatic rings. The molecular weight excluding hydrogens is 360 g/mol. The van der Waals surface area contributed by atoms with Crippen LogP contribution in [0.2, 0.25) is 0 Å². The van der Waals surface area contributed by atoms with Crippen LogP contribution in [0.4, 0.5) is 0 Å². The van der Waals surface area contributed by atoms with Gasteiger partial charge in [-0.1, -0.05) is 24.1 Å². The zero-order valence-corrected chi connectivity index (χ0v) is 16.7. The van der Waals surface area contributed by atoms with Crippen LogP contribution in [0.25, 0.3) is 0 Å². The van der Waals surface area contributed by atoms with E-state index in [2.05, 4.69) is 16.9 Å². The Bertz CT molecular complexity index is 927. The number of aryl methyl sites for hydroxylation is 1. The van der Waals surface area contributed by atoms with Crippen molar-refractivity contribution >= 4 is 10.0 Å². The molecule has 1 aromatic heterocycles. The second-order valence-corrected chi connectivity index (χ2v) is 9.52. The SMILES string of the molecule is Cc1ccc(S(=O)(=O)N2CCCCC2c2ncc3c(n2)CCN(C)C3)cc1. The van der Waals surface area contributed by atoms with E-state index in [4.69, 9.17) is 4.98 Å². The molecule has 0 radical (unpaired) electrons. The fourth-order valence-electron chi connectivity index (χ4n) is 3.93. The Morgan fingerprint density at radius 3 is 2.67 bits per heavy atom. The predicted octanol–water partition coefficient (Wildman–Crippen LogP) is 2.69. The van der Waals surface area contributed by atoms with Gasteiger partial charge in [0.05, 0.1) is 10.9 Å². The van der Waals surface area contributed by atoms with Crippen molar-refractivity contribution in [2.75, 3.05) is 20.1 Å². The Balaban J connectivity index is 1.68. The summed E-state index contributed by atoms with van der Waals surface area (Å²) in [5.41, 5.74) is 3.26. The molecule has 1 saturated heterocycles. The van der Waals surface area contributed by atoms with E-state index < -0.39 is 10.0 Å². The maximum Gasteiger partial charge on any atom is 0.243 e. The lowest BCUT2D eigenvalue weighted by molar-refractivity contribution is 0.244. The Labute approximate surface area is 161 Å². The van der Waals surface area contributed by atoms with Gasteiger partial charge in [-0.3, -0.25) is 0 Å². The number of sulfonamides is 1. The lowest BCUT2D eigenvalue weighted by Crippen LogP contribution is -2.39. The number of likely N-dealkylation sites (N-methyl/N-ethyl adjacent to an activating group) is 1. The Morgan fingerprint density at radius 2 is 1.89 bits per heavy atom. The highest BCUT2D eigenvalue weighted by molar-refractivity contribution is 7.89. The summed E-state index contributed by atoms with van der Waals surface area (Å²) in [6, 6.07) is 6.80. The molecule has 0 saturated carbocycles. The van der Waals surface area contributed by atoms with Gasteiger partial charge in [-0.25, -0.2) is 18.4 Å². The number of benzene rings is 1. The molecule has 3 heterocycles. The molecule has 6 nitrogen and oxygen atoms in total. The predicted molar refractivity (Wildman–Crippen MR) is 104 cm³/mol. The molecule has 0 spiro atoms. The van der Waals surface area contributed by atoms with Gasteiger partial charge < -0.3 is 4.90 Å². The van der Waals surface area contributed by atoms with Gasteiger partial charge in [-0.05, 0) is 38.9 Å². The quantitative estimate of drug-likeness (QED) is 0.811.